The molecule has 0 amide bonds. The minimum Gasteiger partial charge on any atom is -0.480 e. The van der Waals surface area contributed by atoms with Crippen LogP contribution in [0.5, 0.6) is 0 Å². The van der Waals surface area contributed by atoms with Gasteiger partial charge in [-0.15, -0.1) is 11.3 Å². The van der Waals surface area contributed by atoms with Crippen LogP contribution in [-0.4, -0.2) is 45.6 Å². The molecule has 1 aliphatic heterocycles. The Hall–Kier alpha value is -2.46. The van der Waals surface area contributed by atoms with Crippen LogP contribution in [0.4, 0.5) is 13.2 Å². The first kappa shape index (κ1) is 19.3. The average molecular weight is 399 g/mol. The summed E-state index contributed by atoms with van der Waals surface area (Å²) in [7, 11) is 0. The lowest BCUT2D eigenvalue weighted by molar-refractivity contribution is -0.165. The smallest absolute Gasteiger partial charge is 0.400 e. The molecule has 0 spiro atoms. The average Bonchev–Trinajstić information content (AvgIpc) is 2.98. The highest BCUT2D eigenvalue weighted by atomic mass is 32.1. The van der Waals surface area contributed by atoms with E-state index >= 15 is 0 Å². The van der Waals surface area contributed by atoms with Crippen molar-refractivity contribution in [2.75, 3.05) is 6.54 Å². The number of para-hydroxylation sites is 1. The Bertz CT molecular complexity index is 905. The molecule has 0 saturated heterocycles. The number of Topliss-reactive ketones (excluding diaryl/α,β-unsaturated/α-hetero) is 1. The fourth-order valence-electron chi connectivity index (χ4n) is 2.96. The third-order valence-electron chi connectivity index (χ3n) is 4.45. The summed E-state index contributed by atoms with van der Waals surface area (Å²) < 4.78 is 42.4. The molecular formula is C17H16F3N3O3S. The SMILES string of the molecule is CC1=C(C)N(CC(=O)O)NC(C(c2nc3ccccc3s2)C(F)(F)F)C1=O. The minimum atomic E-state index is -4.75. The number of fused-ring (bicyclic) bond motifs is 1. The molecule has 2 N–H and O–H groups in total. The van der Waals surface area contributed by atoms with Crippen molar-refractivity contribution in [1.29, 1.82) is 0 Å². The maximum absolute atomic E-state index is 13.9. The molecule has 10 heteroatoms. The van der Waals surface area contributed by atoms with Crippen molar-refractivity contribution in [1.82, 2.24) is 15.4 Å². The van der Waals surface area contributed by atoms with Gasteiger partial charge in [-0.25, -0.2) is 10.4 Å². The van der Waals surface area contributed by atoms with Crippen molar-refractivity contribution >= 4 is 33.3 Å². The summed E-state index contributed by atoms with van der Waals surface area (Å²) >= 11 is 0.871. The van der Waals surface area contributed by atoms with Crippen molar-refractivity contribution in [3.8, 4) is 0 Å². The van der Waals surface area contributed by atoms with Crippen LogP contribution in [0.2, 0.25) is 0 Å². The molecule has 2 aromatic rings. The zero-order valence-electron chi connectivity index (χ0n) is 14.4. The number of nitrogens with zero attached hydrogens (tertiary/aromatic N) is 2. The van der Waals surface area contributed by atoms with Crippen molar-refractivity contribution in [2.45, 2.75) is 32.0 Å². The lowest BCUT2D eigenvalue weighted by Gasteiger charge is -2.38. The number of carboxylic acid groups (broad SMARTS) is 1. The maximum atomic E-state index is 13.9. The molecule has 144 valence electrons. The Morgan fingerprint density at radius 2 is 2.04 bits per heavy atom. The highest BCUT2D eigenvalue weighted by Gasteiger charge is 2.52. The summed E-state index contributed by atoms with van der Waals surface area (Å²) in [6.45, 7) is 2.31. The first-order chi connectivity index (χ1) is 12.6. The third kappa shape index (κ3) is 3.67. The van der Waals surface area contributed by atoms with E-state index in [4.69, 9.17) is 5.11 Å². The standard InChI is InChI=1S/C17H16F3N3O3S/c1-8-9(2)23(7-12(24)25)22-14(15(8)26)13(17(18,19)20)16-21-10-5-3-4-6-11(10)27-16/h3-6,13-14,22H,7H2,1-2H3,(H,24,25). The summed E-state index contributed by atoms with van der Waals surface area (Å²) in [6.07, 6.45) is -4.75. The number of rotatable bonds is 4. The second-order valence-corrected chi connectivity index (χ2v) is 7.26. The number of alkyl halides is 3. The summed E-state index contributed by atoms with van der Waals surface area (Å²) in [5, 5.41) is 9.84. The zero-order valence-corrected chi connectivity index (χ0v) is 15.2. The molecule has 2 atom stereocenters. The van der Waals surface area contributed by atoms with Gasteiger partial charge in [0.15, 0.2) is 5.78 Å². The fourth-order valence-corrected chi connectivity index (χ4v) is 4.09. The van der Waals surface area contributed by atoms with Gasteiger partial charge in [-0.3, -0.25) is 9.59 Å². The molecular weight excluding hydrogens is 383 g/mol. The van der Waals surface area contributed by atoms with E-state index < -0.39 is 36.4 Å². The number of ketones is 1. The highest BCUT2D eigenvalue weighted by molar-refractivity contribution is 7.18. The number of hydrazine groups is 1. The maximum Gasteiger partial charge on any atom is 0.400 e. The Morgan fingerprint density at radius 3 is 2.63 bits per heavy atom. The van der Waals surface area contributed by atoms with Gasteiger partial charge in [-0.05, 0) is 26.0 Å². The first-order valence-electron chi connectivity index (χ1n) is 7.99. The van der Waals surface area contributed by atoms with Crippen LogP contribution in [0.15, 0.2) is 35.5 Å². The predicted molar refractivity (Wildman–Crippen MR) is 93.1 cm³/mol. The Balaban J connectivity index is 2.07. The monoisotopic (exact) mass is 399 g/mol. The quantitative estimate of drug-likeness (QED) is 0.822. The minimum absolute atomic E-state index is 0.0929. The molecule has 6 nitrogen and oxygen atoms in total. The van der Waals surface area contributed by atoms with E-state index in [1.54, 1.807) is 24.3 Å². The number of thiazole rings is 1. The number of aliphatic carboxylic acids is 1. The molecule has 1 aliphatic rings. The lowest BCUT2D eigenvalue weighted by atomic mass is 9.90. The number of hydrogen-bond donors (Lipinski definition) is 2. The van der Waals surface area contributed by atoms with Crippen molar-refractivity contribution < 1.29 is 27.9 Å². The normalized spacial score (nSPS) is 19.7. The summed E-state index contributed by atoms with van der Waals surface area (Å²) in [6, 6.07) is 4.94. The Morgan fingerprint density at radius 1 is 1.37 bits per heavy atom. The van der Waals surface area contributed by atoms with Crippen LogP contribution < -0.4 is 5.43 Å². The van der Waals surface area contributed by atoms with Crippen LogP contribution >= 0.6 is 11.3 Å². The van der Waals surface area contributed by atoms with E-state index in [-0.39, 0.29) is 16.3 Å². The lowest BCUT2D eigenvalue weighted by Crippen LogP contribution is -2.58. The molecule has 0 bridgehead atoms. The van der Waals surface area contributed by atoms with Crippen molar-refractivity contribution in [3.05, 3.63) is 40.5 Å². The summed E-state index contributed by atoms with van der Waals surface area (Å²) in [4.78, 5) is 27.7. The van der Waals surface area contributed by atoms with Gasteiger partial charge in [0.1, 0.15) is 23.5 Å². The van der Waals surface area contributed by atoms with Crippen molar-refractivity contribution in [2.24, 2.45) is 0 Å². The number of carbonyl (C=O) groups is 2. The third-order valence-corrected chi connectivity index (χ3v) is 5.57. The summed E-state index contributed by atoms with van der Waals surface area (Å²) in [5.41, 5.74) is 3.25. The molecule has 1 aromatic carbocycles. The number of hydrogen-bond acceptors (Lipinski definition) is 6. The molecule has 27 heavy (non-hydrogen) atoms. The van der Waals surface area contributed by atoms with Crippen LogP contribution in [0.1, 0.15) is 24.8 Å². The van der Waals surface area contributed by atoms with Gasteiger partial charge >= 0.3 is 12.1 Å². The fraction of sp³-hybridized carbons (Fsp3) is 0.353. The van der Waals surface area contributed by atoms with E-state index in [9.17, 15) is 22.8 Å². The zero-order chi connectivity index (χ0) is 19.9. The Labute approximate surface area is 156 Å². The molecule has 3 rings (SSSR count). The largest absolute Gasteiger partial charge is 0.480 e. The van der Waals surface area contributed by atoms with Gasteiger partial charge in [0.25, 0.3) is 0 Å². The van der Waals surface area contributed by atoms with E-state index in [0.717, 1.165) is 16.3 Å². The number of halogens is 3. The van der Waals surface area contributed by atoms with Gasteiger partial charge < -0.3 is 10.1 Å². The Kier molecular flexibility index (Phi) is 4.96. The molecule has 0 radical (unpaired) electrons. The predicted octanol–water partition coefficient (Wildman–Crippen LogP) is 3.08. The highest BCUT2D eigenvalue weighted by Crippen LogP contribution is 2.42. The number of allylic oxidation sites excluding steroid dienone is 1. The van der Waals surface area contributed by atoms with E-state index in [1.807, 2.05) is 0 Å². The van der Waals surface area contributed by atoms with E-state index in [0.29, 0.717) is 10.2 Å². The van der Waals surface area contributed by atoms with Crippen LogP contribution in [0, 0.1) is 0 Å². The molecule has 0 aliphatic carbocycles. The second-order valence-electron chi connectivity index (χ2n) is 6.20. The number of nitrogens with one attached hydrogen (secondary N) is 1. The van der Waals surface area contributed by atoms with Crippen molar-refractivity contribution in [3.63, 3.8) is 0 Å². The molecule has 0 fully saturated rings. The number of benzene rings is 1. The van der Waals surface area contributed by atoms with Gasteiger partial charge in [-0.2, -0.15) is 13.2 Å². The molecule has 0 saturated carbocycles. The van der Waals surface area contributed by atoms with Crippen LogP contribution in [-0.2, 0) is 9.59 Å². The van der Waals surface area contributed by atoms with Gasteiger partial charge in [0, 0.05) is 11.3 Å². The van der Waals surface area contributed by atoms with Gasteiger partial charge in [-0.1, -0.05) is 12.1 Å². The topological polar surface area (TPSA) is 82.5 Å². The van der Waals surface area contributed by atoms with Gasteiger partial charge in [0.2, 0.25) is 0 Å². The number of carbonyl (C=O) groups excluding carboxylic acids is 1. The number of carboxylic acids is 1. The van der Waals surface area contributed by atoms with E-state index in [2.05, 4.69) is 10.4 Å². The first-order valence-corrected chi connectivity index (χ1v) is 8.80. The second kappa shape index (κ2) is 6.93. The van der Waals surface area contributed by atoms with Crippen LogP contribution in [0.25, 0.3) is 10.2 Å². The summed E-state index contributed by atoms with van der Waals surface area (Å²) in [5.74, 6) is -4.15. The van der Waals surface area contributed by atoms with Gasteiger partial charge in [0.05, 0.1) is 10.2 Å². The number of aromatic nitrogens is 1. The molecule has 2 heterocycles. The molecule has 2 unspecified atom stereocenters. The van der Waals surface area contributed by atoms with E-state index in [1.165, 1.54) is 13.8 Å². The molecule has 1 aromatic heterocycles. The van der Waals surface area contributed by atoms with Crippen LogP contribution in [0.3, 0.4) is 0 Å².